The zero-order chi connectivity index (χ0) is 14.8. The first-order valence-corrected chi connectivity index (χ1v) is 8.36. The summed E-state index contributed by atoms with van der Waals surface area (Å²) in [5.41, 5.74) is 0.0655. The van der Waals surface area contributed by atoms with E-state index in [1.54, 1.807) is 18.2 Å². The third-order valence-electron chi connectivity index (χ3n) is 3.80. The molecule has 1 aromatic rings. The van der Waals surface area contributed by atoms with E-state index < -0.39 is 15.6 Å². The van der Waals surface area contributed by atoms with Crippen LogP contribution in [0.4, 0.5) is 5.69 Å². The molecule has 0 saturated carbocycles. The van der Waals surface area contributed by atoms with E-state index in [0.29, 0.717) is 25.3 Å². The highest BCUT2D eigenvalue weighted by molar-refractivity contribution is 7.89. The summed E-state index contributed by atoms with van der Waals surface area (Å²) < 4.78 is 33.5. The third kappa shape index (κ3) is 2.97. The van der Waals surface area contributed by atoms with Gasteiger partial charge in [0.15, 0.2) is 0 Å². The van der Waals surface area contributed by atoms with Crippen LogP contribution in [0.1, 0.15) is 27.2 Å². The van der Waals surface area contributed by atoms with E-state index in [1.807, 2.05) is 26.8 Å². The smallest absolute Gasteiger partial charge is 0.243 e. The summed E-state index contributed by atoms with van der Waals surface area (Å²) >= 11 is 0. The molecule has 1 fully saturated rings. The molecular weight excluding hydrogens is 276 g/mol. The summed E-state index contributed by atoms with van der Waals surface area (Å²) in [6.07, 6.45) is 0.542. The van der Waals surface area contributed by atoms with Crippen LogP contribution in [-0.2, 0) is 14.8 Å². The molecule has 112 valence electrons. The predicted octanol–water partition coefficient (Wildman–Crippen LogP) is 1.96. The Morgan fingerprint density at radius 1 is 1.40 bits per heavy atom. The van der Waals surface area contributed by atoms with Crippen molar-refractivity contribution in [1.82, 2.24) is 4.72 Å². The standard InChI is InChI=1S/C14H22N2O3S/c1-4-15-12-7-5-6-8-13(12)20(17,18)16-14(3)9-10-19-11(14)2/h5-8,11,15-16H,4,9-10H2,1-3H3. The molecule has 0 amide bonds. The minimum Gasteiger partial charge on any atom is -0.384 e. The number of benzene rings is 1. The Morgan fingerprint density at radius 3 is 2.70 bits per heavy atom. The predicted molar refractivity (Wildman–Crippen MR) is 79.4 cm³/mol. The number of sulfonamides is 1. The van der Waals surface area contributed by atoms with Crippen LogP contribution in [0.3, 0.4) is 0 Å². The van der Waals surface area contributed by atoms with Crippen molar-refractivity contribution in [3.05, 3.63) is 24.3 Å². The van der Waals surface area contributed by atoms with Crippen LogP contribution in [0, 0.1) is 0 Å². The van der Waals surface area contributed by atoms with E-state index >= 15 is 0 Å². The van der Waals surface area contributed by atoms with Gasteiger partial charge in [-0.1, -0.05) is 12.1 Å². The van der Waals surface area contributed by atoms with E-state index in [-0.39, 0.29) is 11.0 Å². The molecule has 1 aliphatic heterocycles. The van der Waals surface area contributed by atoms with E-state index in [9.17, 15) is 8.42 Å². The molecule has 0 aromatic heterocycles. The normalized spacial score (nSPS) is 26.6. The van der Waals surface area contributed by atoms with Crippen molar-refractivity contribution in [2.45, 2.75) is 43.7 Å². The van der Waals surface area contributed by atoms with Crippen LogP contribution < -0.4 is 10.0 Å². The van der Waals surface area contributed by atoms with Crippen molar-refractivity contribution in [1.29, 1.82) is 0 Å². The summed E-state index contributed by atoms with van der Waals surface area (Å²) in [4.78, 5) is 0.280. The lowest BCUT2D eigenvalue weighted by Gasteiger charge is -2.28. The quantitative estimate of drug-likeness (QED) is 0.872. The van der Waals surface area contributed by atoms with Crippen LogP contribution >= 0.6 is 0 Å². The number of ether oxygens (including phenoxy) is 1. The monoisotopic (exact) mass is 298 g/mol. The van der Waals surface area contributed by atoms with Crippen molar-refractivity contribution in [3.63, 3.8) is 0 Å². The minimum atomic E-state index is -3.58. The lowest BCUT2D eigenvalue weighted by atomic mass is 9.97. The van der Waals surface area contributed by atoms with Crippen LogP contribution in [0.2, 0.25) is 0 Å². The number of hydrogen-bond donors (Lipinski definition) is 2. The molecule has 1 saturated heterocycles. The van der Waals surface area contributed by atoms with Gasteiger partial charge in [-0.25, -0.2) is 13.1 Å². The Balaban J connectivity index is 2.31. The maximum absolute atomic E-state index is 12.6. The van der Waals surface area contributed by atoms with Gasteiger partial charge in [-0.15, -0.1) is 0 Å². The molecule has 2 atom stereocenters. The largest absolute Gasteiger partial charge is 0.384 e. The van der Waals surface area contributed by atoms with Crippen molar-refractivity contribution in [2.75, 3.05) is 18.5 Å². The second kappa shape index (κ2) is 5.71. The maximum atomic E-state index is 12.6. The lowest BCUT2D eigenvalue weighted by Crippen LogP contribution is -2.50. The fourth-order valence-electron chi connectivity index (χ4n) is 2.37. The molecule has 1 aromatic carbocycles. The highest BCUT2D eigenvalue weighted by Gasteiger charge is 2.41. The molecule has 0 spiro atoms. The zero-order valence-corrected chi connectivity index (χ0v) is 13.0. The molecule has 2 unspecified atom stereocenters. The summed E-state index contributed by atoms with van der Waals surface area (Å²) in [6, 6.07) is 6.94. The molecule has 5 nitrogen and oxygen atoms in total. The van der Waals surface area contributed by atoms with Gasteiger partial charge in [-0.3, -0.25) is 0 Å². The Bertz CT molecular complexity index is 574. The number of anilines is 1. The van der Waals surface area contributed by atoms with Crippen LogP contribution in [0.25, 0.3) is 0 Å². The average Bonchev–Trinajstić information content (AvgIpc) is 2.69. The summed E-state index contributed by atoms with van der Waals surface area (Å²) in [5.74, 6) is 0. The van der Waals surface area contributed by atoms with Crippen LogP contribution in [0.15, 0.2) is 29.2 Å². The molecule has 20 heavy (non-hydrogen) atoms. The molecule has 0 aliphatic carbocycles. The van der Waals surface area contributed by atoms with Gasteiger partial charge in [0.2, 0.25) is 10.0 Å². The average molecular weight is 298 g/mol. The fourth-order valence-corrected chi connectivity index (χ4v) is 4.05. The number of rotatable bonds is 5. The van der Waals surface area contributed by atoms with Gasteiger partial charge in [0.1, 0.15) is 4.90 Å². The number of para-hydroxylation sites is 1. The van der Waals surface area contributed by atoms with Crippen LogP contribution in [-0.4, -0.2) is 33.2 Å². The summed E-state index contributed by atoms with van der Waals surface area (Å²) in [5, 5.41) is 3.08. The van der Waals surface area contributed by atoms with Crippen molar-refractivity contribution in [3.8, 4) is 0 Å². The molecule has 6 heteroatoms. The third-order valence-corrected chi connectivity index (χ3v) is 5.47. The van der Waals surface area contributed by atoms with Gasteiger partial charge in [0.05, 0.1) is 17.3 Å². The molecule has 1 aliphatic rings. The van der Waals surface area contributed by atoms with E-state index in [1.165, 1.54) is 0 Å². The summed E-state index contributed by atoms with van der Waals surface area (Å²) in [6.45, 7) is 6.97. The van der Waals surface area contributed by atoms with Gasteiger partial charge in [-0.05, 0) is 39.3 Å². The molecule has 0 bridgehead atoms. The molecule has 1 heterocycles. The van der Waals surface area contributed by atoms with Gasteiger partial charge in [0.25, 0.3) is 0 Å². The van der Waals surface area contributed by atoms with Gasteiger partial charge in [0, 0.05) is 13.2 Å². The van der Waals surface area contributed by atoms with Gasteiger partial charge < -0.3 is 10.1 Å². The van der Waals surface area contributed by atoms with Gasteiger partial charge >= 0.3 is 0 Å². The first kappa shape index (κ1) is 15.3. The summed E-state index contributed by atoms with van der Waals surface area (Å²) in [7, 11) is -3.58. The van der Waals surface area contributed by atoms with Crippen molar-refractivity contribution < 1.29 is 13.2 Å². The van der Waals surface area contributed by atoms with Gasteiger partial charge in [-0.2, -0.15) is 0 Å². The lowest BCUT2D eigenvalue weighted by molar-refractivity contribution is 0.0957. The molecule has 2 rings (SSSR count). The van der Waals surface area contributed by atoms with Crippen LogP contribution in [0.5, 0.6) is 0 Å². The Kier molecular flexibility index (Phi) is 4.36. The van der Waals surface area contributed by atoms with Crippen molar-refractivity contribution in [2.24, 2.45) is 0 Å². The molecule has 2 N–H and O–H groups in total. The first-order chi connectivity index (χ1) is 9.39. The van der Waals surface area contributed by atoms with E-state index in [0.717, 1.165) is 0 Å². The second-order valence-electron chi connectivity index (χ2n) is 5.31. The van der Waals surface area contributed by atoms with E-state index in [4.69, 9.17) is 4.74 Å². The Morgan fingerprint density at radius 2 is 2.10 bits per heavy atom. The highest BCUT2D eigenvalue weighted by Crippen LogP contribution is 2.29. The maximum Gasteiger partial charge on any atom is 0.243 e. The first-order valence-electron chi connectivity index (χ1n) is 6.87. The number of hydrogen-bond acceptors (Lipinski definition) is 4. The van der Waals surface area contributed by atoms with Crippen molar-refractivity contribution >= 4 is 15.7 Å². The Labute approximate surface area is 120 Å². The van der Waals surface area contributed by atoms with E-state index in [2.05, 4.69) is 10.0 Å². The SMILES string of the molecule is CCNc1ccccc1S(=O)(=O)NC1(C)CCOC1C. The Hall–Kier alpha value is -1.11. The molecular formula is C14H22N2O3S. The fraction of sp³-hybridized carbons (Fsp3) is 0.571. The number of nitrogens with one attached hydrogen (secondary N) is 2. The topological polar surface area (TPSA) is 67.4 Å². The molecule has 0 radical (unpaired) electrons. The second-order valence-corrected chi connectivity index (χ2v) is 6.96. The highest BCUT2D eigenvalue weighted by atomic mass is 32.2. The minimum absolute atomic E-state index is 0.136. The zero-order valence-electron chi connectivity index (χ0n) is 12.1.